The molecule has 0 saturated heterocycles. The van der Waals surface area contributed by atoms with E-state index in [4.69, 9.17) is 15.5 Å². The number of pyridine rings is 2. The highest BCUT2D eigenvalue weighted by molar-refractivity contribution is 6.00. The van der Waals surface area contributed by atoms with Gasteiger partial charge in [-0.1, -0.05) is 6.07 Å². The quantitative estimate of drug-likeness (QED) is 0.348. The van der Waals surface area contributed by atoms with Crippen molar-refractivity contribution in [1.82, 2.24) is 24.6 Å². The van der Waals surface area contributed by atoms with E-state index in [1.165, 1.54) is 11.4 Å². The van der Waals surface area contributed by atoms with Gasteiger partial charge in [-0.05, 0) is 44.7 Å². The average molecular weight is 489 g/mol. The summed E-state index contributed by atoms with van der Waals surface area (Å²) in [6.45, 7) is 1.19. The van der Waals surface area contributed by atoms with E-state index in [0.29, 0.717) is 48.5 Å². The minimum absolute atomic E-state index is 0.0613. The molecule has 0 spiro atoms. The second kappa shape index (κ2) is 9.29. The van der Waals surface area contributed by atoms with E-state index in [9.17, 15) is 15.0 Å². The smallest absolute Gasteiger partial charge is 0.212 e. The number of Topliss-reactive ketones (excluding diaryl/α,β-unsaturated/α-hetero) is 1. The highest BCUT2D eigenvalue weighted by atomic mass is 16.5. The number of nitrogen functional groups attached to an aromatic ring is 1. The molecule has 4 N–H and O–H groups in total. The molecule has 4 aromatic rings. The number of ketones is 1. The van der Waals surface area contributed by atoms with Gasteiger partial charge in [-0.25, -0.2) is 9.97 Å². The van der Waals surface area contributed by atoms with E-state index in [2.05, 4.69) is 15.1 Å². The molecule has 1 fully saturated rings. The number of nitrogens with two attached hydrogens (primary N) is 1. The first-order valence-corrected chi connectivity index (χ1v) is 11.8. The highest BCUT2D eigenvalue weighted by Crippen LogP contribution is 2.40. The number of hydrogen-bond acceptors (Lipinski definition) is 9. The number of anilines is 1. The molecular formula is C26H28N6O4. The first-order chi connectivity index (χ1) is 17.3. The Morgan fingerprint density at radius 3 is 2.44 bits per heavy atom. The minimum atomic E-state index is -1.09. The zero-order valence-electron chi connectivity index (χ0n) is 20.2. The Bertz CT molecular complexity index is 1410. The Morgan fingerprint density at radius 1 is 1.14 bits per heavy atom. The predicted molar refractivity (Wildman–Crippen MR) is 134 cm³/mol. The molecule has 0 unspecified atom stereocenters. The molecule has 186 valence electrons. The van der Waals surface area contributed by atoms with Gasteiger partial charge in [-0.3, -0.25) is 9.78 Å². The van der Waals surface area contributed by atoms with Gasteiger partial charge in [0.1, 0.15) is 5.82 Å². The Labute approximate surface area is 207 Å². The largest absolute Gasteiger partial charge is 0.481 e. The summed E-state index contributed by atoms with van der Waals surface area (Å²) in [5.74, 6) is 0.528. The molecule has 0 aromatic carbocycles. The summed E-state index contributed by atoms with van der Waals surface area (Å²) in [6.07, 6.45) is 7.16. The number of aliphatic hydroxyl groups is 2. The number of methoxy groups -OCH3 is 1. The highest BCUT2D eigenvalue weighted by Gasteiger charge is 2.36. The molecule has 0 atom stereocenters. The van der Waals surface area contributed by atoms with Crippen LogP contribution in [0.25, 0.3) is 28.0 Å². The molecule has 5 rings (SSSR count). The molecule has 1 aliphatic rings. The lowest BCUT2D eigenvalue weighted by atomic mass is 9.77. The lowest BCUT2D eigenvalue weighted by molar-refractivity contribution is -0.0458. The molecular weight excluding hydrogens is 460 g/mol. The molecule has 4 aromatic heterocycles. The molecule has 0 bridgehead atoms. The standard InChI is InChI=1S/C26H28N6O4/c1-15(34)22-23(16-7-9-26(35,14-33)10-8-16)31-25-19(13-30-32(25)24(22)27)17-3-5-20(28-11-17)18-4-6-21(36-2)29-12-18/h3-6,11-13,16,33,35H,7-10,14,27H2,1-2H3. The first kappa shape index (κ1) is 23.8. The number of aliphatic hydroxyl groups excluding tert-OH is 1. The number of hydrogen-bond donors (Lipinski definition) is 3. The van der Waals surface area contributed by atoms with Gasteiger partial charge in [-0.15, -0.1) is 0 Å². The summed E-state index contributed by atoms with van der Waals surface area (Å²) in [5, 5.41) is 24.4. The molecule has 1 saturated carbocycles. The van der Waals surface area contributed by atoms with Crippen LogP contribution in [-0.4, -0.2) is 59.9 Å². The number of carbonyl (C=O) groups is 1. The number of rotatable bonds is 6. The van der Waals surface area contributed by atoms with E-state index in [1.807, 2.05) is 18.2 Å². The molecule has 10 heteroatoms. The number of nitrogens with zero attached hydrogens (tertiary/aromatic N) is 5. The predicted octanol–water partition coefficient (Wildman–Crippen LogP) is 3.03. The summed E-state index contributed by atoms with van der Waals surface area (Å²) in [6, 6.07) is 7.50. The summed E-state index contributed by atoms with van der Waals surface area (Å²) in [7, 11) is 1.57. The van der Waals surface area contributed by atoms with E-state index in [0.717, 1.165) is 22.4 Å². The fourth-order valence-corrected chi connectivity index (χ4v) is 4.86. The maximum Gasteiger partial charge on any atom is 0.212 e. The van der Waals surface area contributed by atoms with Gasteiger partial charge in [0, 0.05) is 41.1 Å². The fourth-order valence-electron chi connectivity index (χ4n) is 4.86. The maximum absolute atomic E-state index is 12.6. The van der Waals surface area contributed by atoms with Crippen molar-refractivity contribution in [1.29, 1.82) is 0 Å². The van der Waals surface area contributed by atoms with Crippen molar-refractivity contribution in [3.05, 3.63) is 54.1 Å². The zero-order valence-corrected chi connectivity index (χ0v) is 20.2. The van der Waals surface area contributed by atoms with Crippen LogP contribution in [-0.2, 0) is 0 Å². The fraction of sp³-hybridized carbons (Fsp3) is 0.346. The lowest BCUT2D eigenvalue weighted by Crippen LogP contribution is -2.37. The Balaban J connectivity index is 1.53. The van der Waals surface area contributed by atoms with Crippen LogP contribution in [0.3, 0.4) is 0 Å². The van der Waals surface area contributed by atoms with Crippen molar-refractivity contribution >= 4 is 17.2 Å². The van der Waals surface area contributed by atoms with Gasteiger partial charge in [0.05, 0.1) is 42.5 Å². The summed E-state index contributed by atoms with van der Waals surface area (Å²) in [4.78, 5) is 26.3. The van der Waals surface area contributed by atoms with Crippen LogP contribution in [0.1, 0.15) is 54.6 Å². The number of ether oxygens (including phenoxy) is 1. The van der Waals surface area contributed by atoms with Crippen LogP contribution in [0, 0.1) is 0 Å². The van der Waals surface area contributed by atoms with Crippen molar-refractivity contribution in [2.45, 2.75) is 44.1 Å². The molecule has 1 aliphatic carbocycles. The summed E-state index contributed by atoms with van der Waals surface area (Å²) in [5.41, 5.74) is 10.0. The van der Waals surface area contributed by atoms with Crippen LogP contribution >= 0.6 is 0 Å². The van der Waals surface area contributed by atoms with Gasteiger partial charge in [-0.2, -0.15) is 9.61 Å². The summed E-state index contributed by atoms with van der Waals surface area (Å²) >= 11 is 0. The van der Waals surface area contributed by atoms with Gasteiger partial charge in [0.25, 0.3) is 0 Å². The minimum Gasteiger partial charge on any atom is -0.481 e. The third kappa shape index (κ3) is 4.18. The second-order valence-corrected chi connectivity index (χ2v) is 9.29. The van der Waals surface area contributed by atoms with Gasteiger partial charge >= 0.3 is 0 Å². The molecule has 4 heterocycles. The van der Waals surface area contributed by atoms with Crippen molar-refractivity contribution in [2.75, 3.05) is 19.5 Å². The second-order valence-electron chi connectivity index (χ2n) is 9.29. The molecule has 10 nitrogen and oxygen atoms in total. The zero-order chi connectivity index (χ0) is 25.4. The van der Waals surface area contributed by atoms with Crippen LogP contribution in [0.4, 0.5) is 5.82 Å². The monoisotopic (exact) mass is 488 g/mol. The van der Waals surface area contributed by atoms with Crippen molar-refractivity contribution in [3.63, 3.8) is 0 Å². The van der Waals surface area contributed by atoms with Crippen LogP contribution < -0.4 is 10.5 Å². The van der Waals surface area contributed by atoms with Crippen molar-refractivity contribution in [2.24, 2.45) is 0 Å². The SMILES string of the molecule is COc1ccc(-c2ccc(-c3cnn4c(N)c(C(C)=O)c(C5CCC(O)(CO)CC5)nc34)cn2)cn1. The Kier molecular flexibility index (Phi) is 6.15. The third-order valence-corrected chi connectivity index (χ3v) is 6.98. The van der Waals surface area contributed by atoms with E-state index < -0.39 is 5.60 Å². The normalized spacial score (nSPS) is 19.9. The molecule has 0 aliphatic heterocycles. The molecule has 36 heavy (non-hydrogen) atoms. The van der Waals surface area contributed by atoms with Crippen LogP contribution in [0.5, 0.6) is 5.88 Å². The van der Waals surface area contributed by atoms with Gasteiger partial charge in [0.2, 0.25) is 5.88 Å². The maximum atomic E-state index is 12.6. The number of carbonyl (C=O) groups excluding carboxylic acids is 1. The average Bonchev–Trinajstić information content (AvgIpc) is 3.33. The number of fused-ring (bicyclic) bond motifs is 1. The first-order valence-electron chi connectivity index (χ1n) is 11.8. The van der Waals surface area contributed by atoms with Crippen molar-refractivity contribution in [3.8, 4) is 28.3 Å². The van der Waals surface area contributed by atoms with E-state index in [1.54, 1.807) is 31.8 Å². The summed E-state index contributed by atoms with van der Waals surface area (Å²) < 4.78 is 6.60. The number of aromatic nitrogens is 5. The Hall–Kier alpha value is -3.89. The van der Waals surface area contributed by atoms with Crippen LogP contribution in [0.15, 0.2) is 42.9 Å². The molecule has 0 radical (unpaired) electrons. The topological polar surface area (TPSA) is 149 Å². The van der Waals surface area contributed by atoms with Crippen molar-refractivity contribution < 1.29 is 19.7 Å². The van der Waals surface area contributed by atoms with E-state index in [-0.39, 0.29) is 24.1 Å². The Morgan fingerprint density at radius 2 is 1.86 bits per heavy atom. The van der Waals surface area contributed by atoms with Gasteiger partial charge in [0.15, 0.2) is 11.4 Å². The lowest BCUT2D eigenvalue weighted by Gasteiger charge is -2.34. The molecule has 0 amide bonds. The third-order valence-electron chi connectivity index (χ3n) is 6.98. The van der Waals surface area contributed by atoms with Gasteiger partial charge < -0.3 is 20.7 Å². The van der Waals surface area contributed by atoms with Crippen LogP contribution in [0.2, 0.25) is 0 Å². The van der Waals surface area contributed by atoms with E-state index >= 15 is 0 Å².